The highest BCUT2D eigenvalue weighted by atomic mass is 19.1. The van der Waals surface area contributed by atoms with Gasteiger partial charge in [0.2, 0.25) is 0 Å². The Bertz CT molecular complexity index is 330. The first-order valence-corrected chi connectivity index (χ1v) is 4.35. The summed E-state index contributed by atoms with van der Waals surface area (Å²) in [5.41, 5.74) is 0.833. The van der Waals surface area contributed by atoms with E-state index in [0.29, 0.717) is 6.54 Å². The number of ketones is 1. The van der Waals surface area contributed by atoms with Gasteiger partial charge in [-0.05, 0) is 37.3 Å². The van der Waals surface area contributed by atoms with Crippen LogP contribution in [0, 0.1) is 5.82 Å². The van der Waals surface area contributed by atoms with Gasteiger partial charge in [0.05, 0.1) is 0 Å². The summed E-state index contributed by atoms with van der Waals surface area (Å²) in [5, 5.41) is 3.02. The van der Waals surface area contributed by atoms with Gasteiger partial charge >= 0.3 is 0 Å². The molecule has 0 radical (unpaired) electrons. The van der Waals surface area contributed by atoms with Gasteiger partial charge in [-0.25, -0.2) is 4.39 Å². The molecule has 1 rings (SSSR count). The minimum Gasteiger partial charge on any atom is -0.382 e. The van der Waals surface area contributed by atoms with E-state index in [-0.39, 0.29) is 11.6 Å². The molecule has 0 saturated heterocycles. The van der Waals surface area contributed by atoms with E-state index in [1.54, 1.807) is 18.2 Å². The molecule has 0 aliphatic rings. The van der Waals surface area contributed by atoms with E-state index in [4.69, 9.17) is 0 Å². The van der Waals surface area contributed by atoms with E-state index in [1.807, 2.05) is 0 Å². The molecule has 1 aromatic carbocycles. The fourth-order valence-corrected chi connectivity index (χ4v) is 0.969. The first kappa shape index (κ1) is 10.4. The normalized spacial score (nSPS) is 10.4. The van der Waals surface area contributed by atoms with Crippen LogP contribution in [-0.2, 0) is 4.79 Å². The standard InChI is InChI=1S/C11H12FNO/c1-9(14)3-2-8-13-11-6-4-10(12)5-7-11/h2-7,13H,8H2,1H3. The largest absolute Gasteiger partial charge is 0.382 e. The van der Waals surface area contributed by atoms with E-state index >= 15 is 0 Å². The van der Waals surface area contributed by atoms with Crippen molar-refractivity contribution in [3.8, 4) is 0 Å². The zero-order chi connectivity index (χ0) is 10.4. The summed E-state index contributed by atoms with van der Waals surface area (Å²) in [4.78, 5) is 10.5. The van der Waals surface area contributed by atoms with Crippen LogP contribution in [0.15, 0.2) is 36.4 Å². The molecule has 0 atom stereocenters. The fraction of sp³-hybridized carbons (Fsp3) is 0.182. The van der Waals surface area contributed by atoms with Crippen LogP contribution >= 0.6 is 0 Å². The smallest absolute Gasteiger partial charge is 0.152 e. The van der Waals surface area contributed by atoms with Crippen molar-refractivity contribution < 1.29 is 9.18 Å². The number of carbonyl (C=O) groups excluding carboxylic acids is 1. The molecule has 0 unspecified atom stereocenters. The van der Waals surface area contributed by atoms with Crippen molar-refractivity contribution in [3.63, 3.8) is 0 Å². The lowest BCUT2D eigenvalue weighted by Crippen LogP contribution is -1.98. The second-order valence-corrected chi connectivity index (χ2v) is 2.90. The third kappa shape index (κ3) is 3.85. The maximum Gasteiger partial charge on any atom is 0.152 e. The molecule has 14 heavy (non-hydrogen) atoms. The van der Waals surface area contributed by atoms with Gasteiger partial charge < -0.3 is 5.32 Å². The Morgan fingerprint density at radius 2 is 2.07 bits per heavy atom. The minimum absolute atomic E-state index is 0.0194. The van der Waals surface area contributed by atoms with Gasteiger partial charge in [-0.1, -0.05) is 6.08 Å². The molecule has 1 N–H and O–H groups in total. The highest BCUT2D eigenvalue weighted by molar-refractivity contribution is 5.87. The summed E-state index contributed by atoms with van der Waals surface area (Å²) in [6, 6.07) is 6.07. The van der Waals surface area contributed by atoms with Crippen molar-refractivity contribution in [1.82, 2.24) is 0 Å². The summed E-state index contributed by atoms with van der Waals surface area (Å²) in [5.74, 6) is -0.235. The number of allylic oxidation sites excluding steroid dienone is 1. The van der Waals surface area contributed by atoms with Crippen molar-refractivity contribution in [3.05, 3.63) is 42.2 Å². The fourth-order valence-electron chi connectivity index (χ4n) is 0.969. The molecule has 0 fully saturated rings. The van der Waals surface area contributed by atoms with Crippen LogP contribution in [-0.4, -0.2) is 12.3 Å². The molecule has 0 bridgehead atoms. The topological polar surface area (TPSA) is 29.1 Å². The van der Waals surface area contributed by atoms with Crippen LogP contribution in [0.1, 0.15) is 6.92 Å². The van der Waals surface area contributed by atoms with E-state index in [0.717, 1.165) is 5.69 Å². The van der Waals surface area contributed by atoms with Crippen LogP contribution in [0.4, 0.5) is 10.1 Å². The molecule has 0 amide bonds. The number of nitrogens with one attached hydrogen (secondary N) is 1. The van der Waals surface area contributed by atoms with Gasteiger partial charge in [0, 0.05) is 12.2 Å². The SMILES string of the molecule is CC(=O)C=CCNc1ccc(F)cc1. The Balaban J connectivity index is 2.39. The second kappa shape index (κ2) is 5.17. The van der Waals surface area contributed by atoms with Crippen molar-refractivity contribution in [1.29, 1.82) is 0 Å². The number of hydrogen-bond acceptors (Lipinski definition) is 2. The van der Waals surface area contributed by atoms with Crippen LogP contribution in [0.2, 0.25) is 0 Å². The lowest BCUT2D eigenvalue weighted by Gasteiger charge is -2.01. The van der Waals surface area contributed by atoms with Gasteiger partial charge in [0.1, 0.15) is 5.82 Å². The Hall–Kier alpha value is -1.64. The first-order chi connectivity index (χ1) is 6.68. The molecule has 0 aliphatic carbocycles. The molecule has 0 aromatic heterocycles. The lowest BCUT2D eigenvalue weighted by atomic mass is 10.3. The predicted octanol–water partition coefficient (Wildman–Crippen LogP) is 2.38. The molecular formula is C11H12FNO. The summed E-state index contributed by atoms with van der Waals surface area (Å²) in [7, 11) is 0. The Labute approximate surface area is 82.4 Å². The predicted molar refractivity (Wildman–Crippen MR) is 54.7 cm³/mol. The number of benzene rings is 1. The molecular weight excluding hydrogens is 181 g/mol. The van der Waals surface area contributed by atoms with Crippen molar-refractivity contribution in [2.24, 2.45) is 0 Å². The first-order valence-electron chi connectivity index (χ1n) is 4.35. The number of halogens is 1. The lowest BCUT2D eigenvalue weighted by molar-refractivity contribution is -0.112. The molecule has 74 valence electrons. The quantitative estimate of drug-likeness (QED) is 0.744. The molecule has 3 heteroatoms. The number of anilines is 1. The van der Waals surface area contributed by atoms with Crippen molar-refractivity contribution in [2.45, 2.75) is 6.92 Å². The average Bonchev–Trinajstić information content (AvgIpc) is 2.15. The van der Waals surface area contributed by atoms with Gasteiger partial charge in [0.15, 0.2) is 5.78 Å². The van der Waals surface area contributed by atoms with E-state index in [9.17, 15) is 9.18 Å². The van der Waals surface area contributed by atoms with E-state index in [1.165, 1.54) is 25.1 Å². The maximum atomic E-state index is 12.5. The molecule has 0 spiro atoms. The Morgan fingerprint density at radius 3 is 2.64 bits per heavy atom. The van der Waals surface area contributed by atoms with Crippen molar-refractivity contribution in [2.75, 3.05) is 11.9 Å². The summed E-state index contributed by atoms with van der Waals surface area (Å²) >= 11 is 0. The van der Waals surface area contributed by atoms with Gasteiger partial charge in [-0.2, -0.15) is 0 Å². The van der Waals surface area contributed by atoms with E-state index in [2.05, 4.69) is 5.32 Å². The highest BCUT2D eigenvalue weighted by Crippen LogP contribution is 2.07. The molecule has 0 aliphatic heterocycles. The maximum absolute atomic E-state index is 12.5. The van der Waals surface area contributed by atoms with Gasteiger partial charge in [-0.15, -0.1) is 0 Å². The third-order valence-electron chi connectivity index (χ3n) is 1.62. The Morgan fingerprint density at radius 1 is 1.43 bits per heavy atom. The van der Waals surface area contributed by atoms with Crippen LogP contribution in [0.25, 0.3) is 0 Å². The number of carbonyl (C=O) groups is 1. The third-order valence-corrected chi connectivity index (χ3v) is 1.62. The molecule has 0 saturated carbocycles. The second-order valence-electron chi connectivity index (χ2n) is 2.90. The van der Waals surface area contributed by atoms with Gasteiger partial charge in [-0.3, -0.25) is 4.79 Å². The number of rotatable bonds is 4. The molecule has 2 nitrogen and oxygen atoms in total. The summed E-state index contributed by atoms with van der Waals surface area (Å²) < 4.78 is 12.5. The Kier molecular flexibility index (Phi) is 3.85. The van der Waals surface area contributed by atoms with Crippen molar-refractivity contribution >= 4 is 11.5 Å². The highest BCUT2D eigenvalue weighted by Gasteiger charge is 1.90. The minimum atomic E-state index is -0.255. The van der Waals surface area contributed by atoms with Crippen LogP contribution in [0.5, 0.6) is 0 Å². The zero-order valence-electron chi connectivity index (χ0n) is 7.96. The zero-order valence-corrected chi connectivity index (χ0v) is 7.96. The van der Waals surface area contributed by atoms with Gasteiger partial charge in [0.25, 0.3) is 0 Å². The summed E-state index contributed by atoms with van der Waals surface area (Å²) in [6.45, 7) is 2.06. The van der Waals surface area contributed by atoms with Crippen LogP contribution < -0.4 is 5.32 Å². The monoisotopic (exact) mass is 193 g/mol. The number of hydrogen-bond donors (Lipinski definition) is 1. The molecule has 0 heterocycles. The van der Waals surface area contributed by atoms with Crippen LogP contribution in [0.3, 0.4) is 0 Å². The average molecular weight is 193 g/mol. The van der Waals surface area contributed by atoms with E-state index < -0.39 is 0 Å². The molecule has 1 aromatic rings. The summed E-state index contributed by atoms with van der Waals surface area (Å²) in [6.07, 6.45) is 3.22.